The number of benzene rings is 1. The third kappa shape index (κ3) is 1.20. The standard InChI is InChI=1S/C12H14N2O/c1-8-4-2-5-9-11(8)14-7-3-6-10(15)12(14)13-9/h2,4-5,10,15H,3,6-7H2,1H3. The molecule has 0 saturated heterocycles. The molecule has 1 aliphatic heterocycles. The number of rotatable bonds is 0. The van der Waals surface area contributed by atoms with Crippen LogP contribution in [0.3, 0.4) is 0 Å². The lowest BCUT2D eigenvalue weighted by Gasteiger charge is -2.19. The average molecular weight is 202 g/mol. The first kappa shape index (κ1) is 8.92. The Kier molecular flexibility index (Phi) is 1.83. The first-order valence-corrected chi connectivity index (χ1v) is 5.41. The Morgan fingerprint density at radius 2 is 2.33 bits per heavy atom. The minimum atomic E-state index is -0.384. The summed E-state index contributed by atoms with van der Waals surface area (Å²) < 4.78 is 2.17. The predicted octanol–water partition coefficient (Wildman–Crippen LogP) is 2.17. The first-order valence-electron chi connectivity index (χ1n) is 5.41. The first-order chi connectivity index (χ1) is 7.27. The van der Waals surface area contributed by atoms with E-state index in [9.17, 15) is 5.11 Å². The van der Waals surface area contributed by atoms with E-state index in [-0.39, 0.29) is 6.10 Å². The maximum atomic E-state index is 9.87. The Morgan fingerprint density at radius 3 is 3.20 bits per heavy atom. The van der Waals surface area contributed by atoms with Crippen molar-refractivity contribution >= 4 is 11.0 Å². The van der Waals surface area contributed by atoms with Gasteiger partial charge >= 0.3 is 0 Å². The molecule has 2 heterocycles. The molecule has 1 aliphatic rings. The molecule has 0 amide bonds. The van der Waals surface area contributed by atoms with Crippen LogP contribution in [0.5, 0.6) is 0 Å². The van der Waals surface area contributed by atoms with Gasteiger partial charge in [0.05, 0.1) is 11.0 Å². The monoisotopic (exact) mass is 202 g/mol. The van der Waals surface area contributed by atoms with Crippen LogP contribution < -0.4 is 0 Å². The van der Waals surface area contributed by atoms with E-state index in [4.69, 9.17) is 0 Å². The van der Waals surface area contributed by atoms with Gasteiger partial charge in [-0.2, -0.15) is 0 Å². The van der Waals surface area contributed by atoms with Gasteiger partial charge in [-0.1, -0.05) is 12.1 Å². The third-order valence-electron chi connectivity index (χ3n) is 3.16. The molecule has 0 fully saturated rings. The van der Waals surface area contributed by atoms with Crippen LogP contribution in [0.1, 0.15) is 30.3 Å². The van der Waals surface area contributed by atoms with Gasteiger partial charge < -0.3 is 9.67 Å². The lowest BCUT2D eigenvalue weighted by atomic mass is 10.1. The van der Waals surface area contributed by atoms with Crippen molar-refractivity contribution in [3.05, 3.63) is 29.6 Å². The lowest BCUT2D eigenvalue weighted by molar-refractivity contribution is 0.135. The summed E-state index contributed by atoms with van der Waals surface area (Å²) in [6.45, 7) is 3.08. The van der Waals surface area contributed by atoms with Crippen LogP contribution in [0.15, 0.2) is 18.2 Å². The number of hydrogen-bond donors (Lipinski definition) is 1. The van der Waals surface area contributed by atoms with Crippen molar-refractivity contribution in [2.45, 2.75) is 32.4 Å². The van der Waals surface area contributed by atoms with E-state index in [0.29, 0.717) is 0 Å². The number of nitrogens with zero attached hydrogens (tertiary/aromatic N) is 2. The molecule has 15 heavy (non-hydrogen) atoms. The quantitative estimate of drug-likeness (QED) is 0.711. The van der Waals surface area contributed by atoms with E-state index in [2.05, 4.69) is 22.5 Å². The molecule has 3 rings (SSSR count). The van der Waals surface area contributed by atoms with Crippen molar-refractivity contribution in [2.24, 2.45) is 0 Å². The van der Waals surface area contributed by atoms with Crippen molar-refractivity contribution in [3.8, 4) is 0 Å². The summed E-state index contributed by atoms with van der Waals surface area (Å²) in [5, 5.41) is 9.87. The molecule has 1 atom stereocenters. The second-order valence-electron chi connectivity index (χ2n) is 4.22. The number of aliphatic hydroxyl groups excluding tert-OH is 1. The highest BCUT2D eigenvalue weighted by molar-refractivity contribution is 5.79. The van der Waals surface area contributed by atoms with Gasteiger partial charge in [-0.3, -0.25) is 0 Å². The number of fused-ring (bicyclic) bond motifs is 3. The molecule has 0 saturated carbocycles. The van der Waals surface area contributed by atoms with Crippen molar-refractivity contribution in [1.29, 1.82) is 0 Å². The highest BCUT2D eigenvalue weighted by Gasteiger charge is 2.22. The topological polar surface area (TPSA) is 38.0 Å². The smallest absolute Gasteiger partial charge is 0.138 e. The molecule has 1 unspecified atom stereocenters. The van der Waals surface area contributed by atoms with Crippen molar-refractivity contribution in [2.75, 3.05) is 0 Å². The van der Waals surface area contributed by atoms with Crippen LogP contribution in [0.4, 0.5) is 0 Å². The molecule has 1 aromatic carbocycles. The minimum absolute atomic E-state index is 0.384. The van der Waals surface area contributed by atoms with Crippen LogP contribution in [0.2, 0.25) is 0 Å². The van der Waals surface area contributed by atoms with Crippen LogP contribution in [0, 0.1) is 6.92 Å². The highest BCUT2D eigenvalue weighted by atomic mass is 16.3. The number of aromatic nitrogens is 2. The molecule has 78 valence electrons. The van der Waals surface area contributed by atoms with Gasteiger partial charge in [-0.25, -0.2) is 4.98 Å². The molecular formula is C12H14N2O. The minimum Gasteiger partial charge on any atom is -0.385 e. The second-order valence-corrected chi connectivity index (χ2v) is 4.22. The van der Waals surface area contributed by atoms with Crippen molar-refractivity contribution in [3.63, 3.8) is 0 Å². The zero-order valence-corrected chi connectivity index (χ0v) is 8.77. The summed E-state index contributed by atoms with van der Waals surface area (Å²) in [6, 6.07) is 6.13. The third-order valence-corrected chi connectivity index (χ3v) is 3.16. The molecular weight excluding hydrogens is 188 g/mol. The molecule has 2 aromatic rings. The maximum Gasteiger partial charge on any atom is 0.138 e. The van der Waals surface area contributed by atoms with E-state index < -0.39 is 0 Å². The fraction of sp³-hybridized carbons (Fsp3) is 0.417. The summed E-state index contributed by atoms with van der Waals surface area (Å²) in [7, 11) is 0. The van der Waals surface area contributed by atoms with Crippen molar-refractivity contribution < 1.29 is 5.11 Å². The summed E-state index contributed by atoms with van der Waals surface area (Å²) in [5.41, 5.74) is 3.43. The van der Waals surface area contributed by atoms with Crippen LogP contribution in [-0.2, 0) is 6.54 Å². The fourth-order valence-corrected chi connectivity index (χ4v) is 2.44. The molecule has 1 N–H and O–H groups in total. The van der Waals surface area contributed by atoms with Crippen LogP contribution >= 0.6 is 0 Å². The zero-order valence-electron chi connectivity index (χ0n) is 8.77. The average Bonchev–Trinajstić information content (AvgIpc) is 2.59. The molecule has 3 heteroatoms. The Labute approximate surface area is 88.4 Å². The molecule has 3 nitrogen and oxygen atoms in total. The van der Waals surface area contributed by atoms with Gasteiger partial charge in [-0.15, -0.1) is 0 Å². The Bertz CT molecular complexity index is 516. The molecule has 0 bridgehead atoms. The number of hydrogen-bond acceptors (Lipinski definition) is 2. The molecule has 0 aliphatic carbocycles. The summed E-state index contributed by atoms with van der Waals surface area (Å²) >= 11 is 0. The Hall–Kier alpha value is -1.35. The number of imidazole rings is 1. The van der Waals surface area contributed by atoms with E-state index in [0.717, 1.165) is 30.7 Å². The highest BCUT2D eigenvalue weighted by Crippen LogP contribution is 2.29. The summed E-state index contributed by atoms with van der Waals surface area (Å²) in [5.74, 6) is 0.838. The normalized spacial score (nSPS) is 20.5. The van der Waals surface area contributed by atoms with Crippen LogP contribution in [0.25, 0.3) is 11.0 Å². The maximum absolute atomic E-state index is 9.87. The van der Waals surface area contributed by atoms with Gasteiger partial charge in [0.15, 0.2) is 0 Å². The molecule has 0 spiro atoms. The lowest BCUT2D eigenvalue weighted by Crippen LogP contribution is -2.15. The molecule has 1 aromatic heterocycles. The number of aryl methyl sites for hydroxylation is 2. The predicted molar refractivity (Wildman–Crippen MR) is 58.7 cm³/mol. The van der Waals surface area contributed by atoms with E-state index in [1.165, 1.54) is 11.1 Å². The Balaban J connectivity index is 2.36. The van der Waals surface area contributed by atoms with E-state index in [1.54, 1.807) is 0 Å². The van der Waals surface area contributed by atoms with Crippen LogP contribution in [-0.4, -0.2) is 14.7 Å². The summed E-state index contributed by atoms with van der Waals surface area (Å²) in [4.78, 5) is 4.51. The second kappa shape index (κ2) is 3.07. The van der Waals surface area contributed by atoms with Gasteiger partial charge in [-0.05, 0) is 31.4 Å². The largest absolute Gasteiger partial charge is 0.385 e. The number of para-hydroxylation sites is 1. The Morgan fingerprint density at radius 1 is 1.47 bits per heavy atom. The fourth-order valence-electron chi connectivity index (χ4n) is 2.44. The number of aliphatic hydroxyl groups is 1. The molecule has 0 radical (unpaired) electrons. The van der Waals surface area contributed by atoms with Gasteiger partial charge in [0.25, 0.3) is 0 Å². The van der Waals surface area contributed by atoms with E-state index in [1.807, 2.05) is 12.1 Å². The van der Waals surface area contributed by atoms with Gasteiger partial charge in [0.2, 0.25) is 0 Å². The summed E-state index contributed by atoms with van der Waals surface area (Å²) in [6.07, 6.45) is 1.49. The van der Waals surface area contributed by atoms with Crippen molar-refractivity contribution in [1.82, 2.24) is 9.55 Å². The zero-order chi connectivity index (χ0) is 10.4. The van der Waals surface area contributed by atoms with Gasteiger partial charge in [0.1, 0.15) is 11.9 Å². The van der Waals surface area contributed by atoms with E-state index >= 15 is 0 Å². The SMILES string of the molecule is Cc1cccc2nc3n(c12)CCCC3O. The van der Waals surface area contributed by atoms with Gasteiger partial charge in [0, 0.05) is 6.54 Å².